The van der Waals surface area contributed by atoms with Gasteiger partial charge in [0.05, 0.1) is 6.10 Å². The molecule has 0 aromatic carbocycles. The second-order valence-corrected chi connectivity index (χ2v) is 6.28. The molecule has 5 heteroatoms. The predicted molar refractivity (Wildman–Crippen MR) is 77.5 cm³/mol. The molecule has 0 radical (unpaired) electrons. The molecule has 0 aromatic heterocycles. The number of piperidine rings is 1. The molecule has 2 N–H and O–H groups in total. The molecule has 0 aliphatic carbocycles. The third-order valence-corrected chi connectivity index (χ3v) is 4.75. The molecule has 2 heterocycles. The Morgan fingerprint density at radius 3 is 2.60 bits per heavy atom. The largest absolute Gasteiger partial charge is 0.393 e. The second-order valence-electron chi connectivity index (χ2n) is 6.28. The number of aliphatic hydroxyl groups excluding tert-OH is 1. The van der Waals surface area contributed by atoms with Crippen LogP contribution in [0, 0.1) is 11.8 Å². The summed E-state index contributed by atoms with van der Waals surface area (Å²) in [6.45, 7) is 6.98. The lowest BCUT2D eigenvalue weighted by molar-refractivity contribution is 0.0532. The van der Waals surface area contributed by atoms with Crippen molar-refractivity contribution in [1.82, 2.24) is 10.2 Å². The van der Waals surface area contributed by atoms with Crippen molar-refractivity contribution in [2.24, 2.45) is 11.8 Å². The summed E-state index contributed by atoms with van der Waals surface area (Å²) in [5.41, 5.74) is 0. The Bertz CT molecular complexity index is 316. The normalized spacial score (nSPS) is 27.9. The quantitative estimate of drug-likeness (QED) is 0.827. The van der Waals surface area contributed by atoms with Gasteiger partial charge in [0.2, 0.25) is 0 Å². The molecule has 20 heavy (non-hydrogen) atoms. The molecular weight excluding hydrogens is 256 g/mol. The minimum atomic E-state index is -0.335. The van der Waals surface area contributed by atoms with Crippen molar-refractivity contribution in [2.45, 2.75) is 51.7 Å². The van der Waals surface area contributed by atoms with Crippen LogP contribution in [0.3, 0.4) is 0 Å². The molecule has 0 aromatic rings. The summed E-state index contributed by atoms with van der Waals surface area (Å²) in [7, 11) is 0. The van der Waals surface area contributed by atoms with E-state index < -0.39 is 0 Å². The van der Waals surface area contributed by atoms with Gasteiger partial charge in [0.1, 0.15) is 0 Å². The van der Waals surface area contributed by atoms with Crippen LogP contribution >= 0.6 is 0 Å². The van der Waals surface area contributed by atoms with Gasteiger partial charge in [0.25, 0.3) is 0 Å². The number of hydrogen-bond acceptors (Lipinski definition) is 3. The molecule has 3 atom stereocenters. The number of aliphatic hydroxyl groups is 1. The average Bonchev–Trinajstić information content (AvgIpc) is 2.48. The number of ether oxygens (including phenoxy) is 1. The van der Waals surface area contributed by atoms with Gasteiger partial charge in [-0.25, -0.2) is 4.79 Å². The summed E-state index contributed by atoms with van der Waals surface area (Å²) in [5.74, 6) is 0.734. The van der Waals surface area contributed by atoms with Crippen LogP contribution in [0.1, 0.15) is 39.5 Å². The lowest BCUT2D eigenvalue weighted by Crippen LogP contribution is -2.51. The average molecular weight is 284 g/mol. The third kappa shape index (κ3) is 4.09. The predicted octanol–water partition coefficient (Wildman–Crippen LogP) is 1.60. The van der Waals surface area contributed by atoms with Crippen LogP contribution in [0.5, 0.6) is 0 Å². The zero-order valence-corrected chi connectivity index (χ0v) is 12.7. The van der Waals surface area contributed by atoms with E-state index in [4.69, 9.17) is 4.74 Å². The fraction of sp³-hybridized carbons (Fsp3) is 0.933. The number of carbonyl (C=O) groups excluding carboxylic acids is 1. The van der Waals surface area contributed by atoms with Gasteiger partial charge in [-0.3, -0.25) is 0 Å². The van der Waals surface area contributed by atoms with Gasteiger partial charge in [-0.2, -0.15) is 0 Å². The Labute approximate surface area is 121 Å². The topological polar surface area (TPSA) is 61.8 Å². The number of nitrogens with zero attached hydrogens (tertiary/aromatic N) is 1. The van der Waals surface area contributed by atoms with E-state index in [1.807, 2.05) is 11.8 Å². The molecule has 0 spiro atoms. The molecule has 0 bridgehead atoms. The van der Waals surface area contributed by atoms with E-state index in [9.17, 15) is 9.90 Å². The van der Waals surface area contributed by atoms with Crippen molar-refractivity contribution in [3.63, 3.8) is 0 Å². The molecule has 2 aliphatic heterocycles. The van der Waals surface area contributed by atoms with Crippen LogP contribution in [-0.2, 0) is 4.74 Å². The zero-order chi connectivity index (χ0) is 14.5. The number of urea groups is 1. The van der Waals surface area contributed by atoms with Crippen molar-refractivity contribution in [1.29, 1.82) is 0 Å². The molecule has 2 rings (SSSR count). The molecule has 2 amide bonds. The maximum Gasteiger partial charge on any atom is 0.317 e. The van der Waals surface area contributed by atoms with Crippen LogP contribution < -0.4 is 5.32 Å². The molecule has 5 nitrogen and oxygen atoms in total. The van der Waals surface area contributed by atoms with Crippen LogP contribution in [0.2, 0.25) is 0 Å². The Hall–Kier alpha value is -0.810. The smallest absolute Gasteiger partial charge is 0.317 e. The number of hydrogen-bond donors (Lipinski definition) is 2. The highest BCUT2D eigenvalue weighted by atomic mass is 16.5. The fourth-order valence-corrected chi connectivity index (χ4v) is 3.21. The van der Waals surface area contributed by atoms with E-state index in [1.54, 1.807) is 0 Å². The van der Waals surface area contributed by atoms with Gasteiger partial charge in [-0.1, -0.05) is 0 Å². The van der Waals surface area contributed by atoms with Gasteiger partial charge >= 0.3 is 6.03 Å². The third-order valence-electron chi connectivity index (χ3n) is 4.75. The van der Waals surface area contributed by atoms with Crippen molar-refractivity contribution in [3.8, 4) is 0 Å². The minimum Gasteiger partial charge on any atom is -0.393 e. The van der Waals surface area contributed by atoms with Crippen LogP contribution in [0.15, 0.2) is 0 Å². The summed E-state index contributed by atoms with van der Waals surface area (Å²) < 4.78 is 5.36. The highest BCUT2D eigenvalue weighted by Gasteiger charge is 2.28. The zero-order valence-electron chi connectivity index (χ0n) is 12.7. The van der Waals surface area contributed by atoms with E-state index in [0.29, 0.717) is 12.5 Å². The molecule has 2 aliphatic rings. The summed E-state index contributed by atoms with van der Waals surface area (Å²) in [6, 6.07) is 0.215. The van der Waals surface area contributed by atoms with E-state index in [2.05, 4.69) is 12.2 Å². The number of rotatable bonds is 3. The van der Waals surface area contributed by atoms with Crippen molar-refractivity contribution < 1.29 is 14.6 Å². The summed E-state index contributed by atoms with van der Waals surface area (Å²) >= 11 is 0. The lowest BCUT2D eigenvalue weighted by atomic mass is 9.92. The number of likely N-dealkylation sites (tertiary alicyclic amines) is 1. The Kier molecular flexibility index (Phi) is 5.66. The summed E-state index contributed by atoms with van der Waals surface area (Å²) in [5, 5.41) is 12.8. The second kappa shape index (κ2) is 7.27. The van der Waals surface area contributed by atoms with Gasteiger partial charge in [-0.05, 0) is 45.4 Å². The fourth-order valence-electron chi connectivity index (χ4n) is 3.21. The summed E-state index contributed by atoms with van der Waals surface area (Å²) in [6.07, 6.45) is 3.71. The first-order chi connectivity index (χ1) is 9.58. The summed E-state index contributed by atoms with van der Waals surface area (Å²) in [4.78, 5) is 14.2. The van der Waals surface area contributed by atoms with Crippen LogP contribution in [-0.4, -0.2) is 54.5 Å². The van der Waals surface area contributed by atoms with E-state index in [1.165, 1.54) is 0 Å². The monoisotopic (exact) mass is 284 g/mol. The Morgan fingerprint density at radius 1 is 1.25 bits per heavy atom. The molecular formula is C15H28N2O3. The molecule has 0 saturated carbocycles. The van der Waals surface area contributed by atoms with Gasteiger partial charge in [-0.15, -0.1) is 0 Å². The van der Waals surface area contributed by atoms with Gasteiger partial charge in [0.15, 0.2) is 0 Å². The number of nitrogens with one attached hydrogen (secondary N) is 1. The highest BCUT2D eigenvalue weighted by molar-refractivity contribution is 5.74. The van der Waals surface area contributed by atoms with Gasteiger partial charge < -0.3 is 20.1 Å². The number of carbonyl (C=O) groups is 1. The lowest BCUT2D eigenvalue weighted by Gasteiger charge is -2.36. The van der Waals surface area contributed by atoms with Crippen molar-refractivity contribution in [2.75, 3.05) is 26.3 Å². The van der Waals surface area contributed by atoms with Crippen molar-refractivity contribution in [3.05, 3.63) is 0 Å². The molecule has 2 saturated heterocycles. The van der Waals surface area contributed by atoms with Crippen LogP contribution in [0.4, 0.5) is 4.79 Å². The van der Waals surface area contributed by atoms with E-state index in [-0.39, 0.29) is 24.1 Å². The first-order valence-electron chi connectivity index (χ1n) is 7.89. The standard InChI is InChI=1S/C15H28N2O3/c1-11(13-5-8-20-9-6-13)16-15(19)17-7-3-4-14(10-17)12(2)18/h11-14,18H,3-10H2,1-2H3,(H,16,19). The molecule has 3 unspecified atom stereocenters. The first-order valence-corrected chi connectivity index (χ1v) is 7.89. The van der Waals surface area contributed by atoms with E-state index in [0.717, 1.165) is 45.4 Å². The van der Waals surface area contributed by atoms with Gasteiger partial charge in [0, 0.05) is 38.3 Å². The SMILES string of the molecule is CC(O)C1CCCN(C(=O)NC(C)C2CCOCC2)C1. The minimum absolute atomic E-state index is 0.0225. The molecule has 2 fully saturated rings. The Balaban J connectivity index is 1.81. The maximum atomic E-state index is 12.3. The molecule has 116 valence electrons. The van der Waals surface area contributed by atoms with E-state index >= 15 is 0 Å². The first kappa shape index (κ1) is 15.6. The number of amides is 2. The maximum absolute atomic E-state index is 12.3. The highest BCUT2D eigenvalue weighted by Crippen LogP contribution is 2.21. The Morgan fingerprint density at radius 2 is 1.95 bits per heavy atom. The van der Waals surface area contributed by atoms with Crippen LogP contribution in [0.25, 0.3) is 0 Å². The van der Waals surface area contributed by atoms with Crippen molar-refractivity contribution >= 4 is 6.03 Å².